The van der Waals surface area contributed by atoms with Crippen molar-refractivity contribution < 1.29 is 23.9 Å². The van der Waals surface area contributed by atoms with Gasteiger partial charge in [0.25, 0.3) is 5.91 Å². The van der Waals surface area contributed by atoms with Crippen LogP contribution in [0.4, 0.5) is 5.69 Å². The number of esters is 2. The fraction of sp³-hybridized carbons (Fsp3) is 0.357. The van der Waals surface area contributed by atoms with Gasteiger partial charge < -0.3 is 20.5 Å². The average Bonchev–Trinajstić information content (AvgIpc) is 2.50. The van der Waals surface area contributed by atoms with Gasteiger partial charge in [-0.15, -0.1) is 0 Å². The summed E-state index contributed by atoms with van der Waals surface area (Å²) in [6.45, 7) is 0. The minimum absolute atomic E-state index is 0.00170. The molecule has 7 nitrogen and oxygen atoms in total. The molecule has 7 heteroatoms. The topological polar surface area (TPSA) is 108 Å². The van der Waals surface area contributed by atoms with Crippen molar-refractivity contribution in [3.05, 3.63) is 29.8 Å². The summed E-state index contributed by atoms with van der Waals surface area (Å²) >= 11 is 0. The molecule has 21 heavy (non-hydrogen) atoms. The minimum atomic E-state index is -0.917. The number of ether oxygens (including phenoxy) is 2. The lowest BCUT2D eigenvalue weighted by Gasteiger charge is -2.16. The smallest absolute Gasteiger partial charge is 0.328 e. The van der Waals surface area contributed by atoms with E-state index in [4.69, 9.17) is 5.73 Å². The third kappa shape index (κ3) is 5.13. The van der Waals surface area contributed by atoms with Crippen molar-refractivity contribution in [1.82, 2.24) is 5.32 Å². The van der Waals surface area contributed by atoms with Crippen LogP contribution in [0, 0.1) is 0 Å². The Bertz CT molecular complexity index is 513. The number of hydrogen-bond acceptors (Lipinski definition) is 6. The molecule has 0 fully saturated rings. The van der Waals surface area contributed by atoms with Crippen LogP contribution in [0.5, 0.6) is 0 Å². The van der Waals surface area contributed by atoms with Crippen molar-refractivity contribution in [2.75, 3.05) is 20.0 Å². The van der Waals surface area contributed by atoms with Crippen LogP contribution in [0.15, 0.2) is 24.3 Å². The van der Waals surface area contributed by atoms with Crippen LogP contribution in [-0.2, 0) is 19.1 Å². The van der Waals surface area contributed by atoms with Gasteiger partial charge in [0.15, 0.2) is 0 Å². The summed E-state index contributed by atoms with van der Waals surface area (Å²) in [5, 5.41) is 2.52. The maximum atomic E-state index is 12.0. The number of nitrogen functional groups attached to an aromatic ring is 1. The lowest BCUT2D eigenvalue weighted by molar-refractivity contribution is -0.144. The molecule has 0 radical (unpaired) electrons. The van der Waals surface area contributed by atoms with E-state index in [-0.39, 0.29) is 12.8 Å². The maximum Gasteiger partial charge on any atom is 0.328 e. The standard InChI is InChI=1S/C14H18N2O5/c1-20-12(17)8-7-11(14(19)21-2)16-13(18)9-3-5-10(15)6-4-9/h3-6,11H,7-8,15H2,1-2H3,(H,16,18)/t11-/m1/s1. The van der Waals surface area contributed by atoms with E-state index in [1.54, 1.807) is 24.3 Å². The summed E-state index contributed by atoms with van der Waals surface area (Å²) in [6.07, 6.45) is 0.0956. The lowest BCUT2D eigenvalue weighted by Crippen LogP contribution is -2.41. The first-order valence-electron chi connectivity index (χ1n) is 6.29. The van der Waals surface area contributed by atoms with Crippen molar-refractivity contribution in [2.45, 2.75) is 18.9 Å². The number of anilines is 1. The van der Waals surface area contributed by atoms with Gasteiger partial charge >= 0.3 is 11.9 Å². The number of hydrogen-bond donors (Lipinski definition) is 2. The second-order valence-electron chi connectivity index (χ2n) is 4.29. The van der Waals surface area contributed by atoms with Gasteiger partial charge in [-0.25, -0.2) is 4.79 Å². The Labute approximate surface area is 122 Å². The van der Waals surface area contributed by atoms with Crippen LogP contribution in [-0.4, -0.2) is 38.1 Å². The molecule has 0 heterocycles. The van der Waals surface area contributed by atoms with Gasteiger partial charge in [-0.2, -0.15) is 0 Å². The molecule has 114 valence electrons. The molecule has 0 aliphatic rings. The number of carbonyl (C=O) groups is 3. The fourth-order valence-electron chi connectivity index (χ4n) is 1.63. The van der Waals surface area contributed by atoms with Crippen molar-refractivity contribution in [1.29, 1.82) is 0 Å². The third-order valence-electron chi connectivity index (χ3n) is 2.83. The number of methoxy groups -OCH3 is 2. The van der Waals surface area contributed by atoms with Crippen LogP contribution < -0.4 is 11.1 Å². The summed E-state index contributed by atoms with van der Waals surface area (Å²) in [4.78, 5) is 34.8. The highest BCUT2D eigenvalue weighted by molar-refractivity contribution is 5.97. The van der Waals surface area contributed by atoms with Gasteiger partial charge in [0.2, 0.25) is 0 Å². The Balaban J connectivity index is 2.71. The van der Waals surface area contributed by atoms with Crippen molar-refractivity contribution in [3.8, 4) is 0 Å². The molecule has 1 atom stereocenters. The first-order chi connectivity index (χ1) is 9.97. The van der Waals surface area contributed by atoms with Gasteiger partial charge in [-0.05, 0) is 30.7 Å². The van der Waals surface area contributed by atoms with Gasteiger partial charge in [-0.3, -0.25) is 9.59 Å². The molecular weight excluding hydrogens is 276 g/mol. The second-order valence-corrected chi connectivity index (χ2v) is 4.29. The molecule has 0 spiro atoms. The molecule has 1 aromatic carbocycles. The Morgan fingerprint density at radius 2 is 1.76 bits per heavy atom. The summed E-state index contributed by atoms with van der Waals surface area (Å²) < 4.78 is 9.11. The molecule has 0 aliphatic heterocycles. The number of amides is 1. The van der Waals surface area contributed by atoms with E-state index in [9.17, 15) is 14.4 Å². The minimum Gasteiger partial charge on any atom is -0.469 e. The summed E-state index contributed by atoms with van der Waals surface area (Å²) in [5.41, 5.74) is 6.42. The van der Waals surface area contributed by atoms with Crippen LogP contribution in [0.25, 0.3) is 0 Å². The van der Waals surface area contributed by atoms with E-state index < -0.39 is 23.9 Å². The predicted molar refractivity (Wildman–Crippen MR) is 75.4 cm³/mol. The summed E-state index contributed by atoms with van der Waals surface area (Å²) in [5.74, 6) is -1.54. The molecule has 1 amide bonds. The monoisotopic (exact) mass is 294 g/mol. The van der Waals surface area contributed by atoms with Gasteiger partial charge in [-0.1, -0.05) is 0 Å². The van der Waals surface area contributed by atoms with E-state index in [0.717, 1.165) is 0 Å². The molecule has 0 unspecified atom stereocenters. The van der Waals surface area contributed by atoms with Crippen LogP contribution in [0.2, 0.25) is 0 Å². The number of carbonyl (C=O) groups excluding carboxylic acids is 3. The number of rotatable bonds is 6. The molecule has 0 bridgehead atoms. The van der Waals surface area contributed by atoms with E-state index >= 15 is 0 Å². The highest BCUT2D eigenvalue weighted by Crippen LogP contribution is 2.07. The molecule has 0 saturated carbocycles. The zero-order valence-corrected chi connectivity index (χ0v) is 11.9. The zero-order chi connectivity index (χ0) is 15.8. The molecule has 0 saturated heterocycles. The first-order valence-corrected chi connectivity index (χ1v) is 6.29. The molecule has 1 rings (SSSR count). The van der Waals surface area contributed by atoms with Crippen molar-refractivity contribution in [2.24, 2.45) is 0 Å². The van der Waals surface area contributed by atoms with E-state index in [2.05, 4.69) is 14.8 Å². The molecule has 3 N–H and O–H groups in total. The SMILES string of the molecule is COC(=O)CC[C@@H](NC(=O)c1ccc(N)cc1)C(=O)OC. The largest absolute Gasteiger partial charge is 0.469 e. The fourth-order valence-corrected chi connectivity index (χ4v) is 1.63. The number of benzene rings is 1. The number of nitrogens with one attached hydrogen (secondary N) is 1. The van der Waals surface area contributed by atoms with E-state index in [1.807, 2.05) is 0 Å². The average molecular weight is 294 g/mol. The first kappa shape index (κ1) is 16.5. The quantitative estimate of drug-likeness (QED) is 0.584. The predicted octanol–water partition coefficient (Wildman–Crippen LogP) is 0.493. The van der Waals surface area contributed by atoms with E-state index in [0.29, 0.717) is 11.3 Å². The second kappa shape index (κ2) is 7.88. The molecule has 0 aromatic heterocycles. The van der Waals surface area contributed by atoms with Gasteiger partial charge in [0.1, 0.15) is 6.04 Å². The van der Waals surface area contributed by atoms with Crippen molar-refractivity contribution in [3.63, 3.8) is 0 Å². The maximum absolute atomic E-state index is 12.0. The van der Waals surface area contributed by atoms with Crippen LogP contribution in [0.1, 0.15) is 23.2 Å². The van der Waals surface area contributed by atoms with E-state index in [1.165, 1.54) is 14.2 Å². The molecular formula is C14H18N2O5. The number of nitrogens with two attached hydrogens (primary N) is 1. The van der Waals surface area contributed by atoms with Crippen molar-refractivity contribution >= 4 is 23.5 Å². The third-order valence-corrected chi connectivity index (χ3v) is 2.83. The highest BCUT2D eigenvalue weighted by atomic mass is 16.5. The van der Waals surface area contributed by atoms with Gasteiger partial charge in [0, 0.05) is 17.7 Å². The summed E-state index contributed by atoms with van der Waals surface area (Å²) in [6, 6.07) is 5.32. The van der Waals surface area contributed by atoms with Crippen LogP contribution >= 0.6 is 0 Å². The van der Waals surface area contributed by atoms with Crippen LogP contribution in [0.3, 0.4) is 0 Å². The lowest BCUT2D eigenvalue weighted by atomic mass is 10.1. The highest BCUT2D eigenvalue weighted by Gasteiger charge is 2.23. The normalized spacial score (nSPS) is 11.3. The van der Waals surface area contributed by atoms with Gasteiger partial charge in [0.05, 0.1) is 14.2 Å². The zero-order valence-electron chi connectivity index (χ0n) is 11.9. The summed E-state index contributed by atoms with van der Waals surface area (Å²) in [7, 11) is 2.46. The molecule has 0 aliphatic carbocycles. The Hall–Kier alpha value is -2.57. The Morgan fingerprint density at radius 1 is 1.14 bits per heavy atom. The molecule has 1 aromatic rings. The Morgan fingerprint density at radius 3 is 2.29 bits per heavy atom. The Kier molecular flexibility index (Phi) is 6.19.